The van der Waals surface area contributed by atoms with Gasteiger partial charge in [0.15, 0.2) is 0 Å². The van der Waals surface area contributed by atoms with Crippen LogP contribution in [0.15, 0.2) is 12.1 Å². The van der Waals surface area contributed by atoms with E-state index in [0.29, 0.717) is 0 Å². The highest BCUT2D eigenvalue weighted by Gasteiger charge is 2.15. The van der Waals surface area contributed by atoms with Crippen molar-refractivity contribution >= 4 is 11.3 Å². The summed E-state index contributed by atoms with van der Waals surface area (Å²) >= 11 is 1.90. The van der Waals surface area contributed by atoms with Gasteiger partial charge in [0.2, 0.25) is 0 Å². The SMILES string of the molecule is COCCc1ccc(C(C)(C)C)s1. The minimum Gasteiger partial charge on any atom is -0.384 e. The Labute approximate surface area is 84.7 Å². The molecule has 0 amide bonds. The summed E-state index contributed by atoms with van der Waals surface area (Å²) < 4.78 is 5.05. The van der Waals surface area contributed by atoms with Crippen LogP contribution in [0.1, 0.15) is 30.5 Å². The Bertz CT molecular complexity index is 257. The molecule has 13 heavy (non-hydrogen) atoms. The van der Waals surface area contributed by atoms with Crippen LogP contribution in [0.5, 0.6) is 0 Å². The molecular formula is C11H18OS. The van der Waals surface area contributed by atoms with Gasteiger partial charge >= 0.3 is 0 Å². The Morgan fingerprint density at radius 1 is 1.31 bits per heavy atom. The lowest BCUT2D eigenvalue weighted by Crippen LogP contribution is -2.07. The van der Waals surface area contributed by atoms with Gasteiger partial charge in [0.1, 0.15) is 0 Å². The molecule has 0 bridgehead atoms. The van der Waals surface area contributed by atoms with E-state index < -0.39 is 0 Å². The van der Waals surface area contributed by atoms with Crippen LogP contribution in [0.3, 0.4) is 0 Å². The molecule has 0 radical (unpaired) electrons. The summed E-state index contributed by atoms with van der Waals surface area (Å²) in [5.41, 5.74) is 0.288. The molecule has 1 rings (SSSR count). The minimum absolute atomic E-state index is 0.288. The Kier molecular flexibility index (Phi) is 3.51. The summed E-state index contributed by atoms with van der Waals surface area (Å²) in [6, 6.07) is 4.44. The number of hydrogen-bond donors (Lipinski definition) is 0. The van der Waals surface area contributed by atoms with Crippen molar-refractivity contribution in [1.82, 2.24) is 0 Å². The van der Waals surface area contributed by atoms with Crippen molar-refractivity contribution in [3.8, 4) is 0 Å². The molecule has 0 aromatic carbocycles. The van der Waals surface area contributed by atoms with E-state index in [1.54, 1.807) is 7.11 Å². The van der Waals surface area contributed by atoms with Crippen molar-refractivity contribution < 1.29 is 4.74 Å². The standard InChI is InChI=1S/C11H18OS/c1-11(2,3)10-6-5-9(13-10)7-8-12-4/h5-6H,7-8H2,1-4H3. The van der Waals surface area contributed by atoms with Crippen LogP contribution in [0, 0.1) is 0 Å². The molecule has 0 unspecified atom stereocenters. The average molecular weight is 198 g/mol. The Hall–Kier alpha value is -0.340. The summed E-state index contributed by atoms with van der Waals surface area (Å²) in [7, 11) is 1.75. The van der Waals surface area contributed by atoms with E-state index in [1.165, 1.54) is 9.75 Å². The maximum atomic E-state index is 5.05. The zero-order valence-corrected chi connectivity index (χ0v) is 9.70. The van der Waals surface area contributed by atoms with E-state index in [9.17, 15) is 0 Å². The number of rotatable bonds is 3. The third-order valence-corrected chi connectivity index (χ3v) is 3.52. The van der Waals surface area contributed by atoms with Gasteiger partial charge in [0.05, 0.1) is 6.61 Å². The smallest absolute Gasteiger partial charge is 0.0510 e. The van der Waals surface area contributed by atoms with Crippen molar-refractivity contribution in [2.75, 3.05) is 13.7 Å². The van der Waals surface area contributed by atoms with Crippen LogP contribution in [-0.2, 0) is 16.6 Å². The first kappa shape index (κ1) is 10.7. The van der Waals surface area contributed by atoms with Crippen LogP contribution in [0.25, 0.3) is 0 Å². The molecule has 0 aliphatic heterocycles. The molecule has 1 aromatic heterocycles. The van der Waals surface area contributed by atoms with Crippen molar-refractivity contribution in [2.24, 2.45) is 0 Å². The monoisotopic (exact) mass is 198 g/mol. The van der Waals surface area contributed by atoms with Crippen molar-refractivity contribution in [1.29, 1.82) is 0 Å². The second-order valence-corrected chi connectivity index (χ2v) is 5.43. The lowest BCUT2D eigenvalue weighted by Gasteiger charge is -2.15. The predicted molar refractivity (Wildman–Crippen MR) is 58.6 cm³/mol. The quantitative estimate of drug-likeness (QED) is 0.724. The summed E-state index contributed by atoms with van der Waals surface area (Å²) in [5.74, 6) is 0. The summed E-state index contributed by atoms with van der Waals surface area (Å²) in [5, 5.41) is 0. The molecule has 74 valence electrons. The van der Waals surface area contributed by atoms with Gasteiger partial charge < -0.3 is 4.74 Å². The highest BCUT2D eigenvalue weighted by Crippen LogP contribution is 2.29. The third kappa shape index (κ3) is 3.12. The van der Waals surface area contributed by atoms with Crippen LogP contribution >= 0.6 is 11.3 Å². The fourth-order valence-electron chi connectivity index (χ4n) is 1.12. The van der Waals surface area contributed by atoms with Crippen LogP contribution in [-0.4, -0.2) is 13.7 Å². The Morgan fingerprint density at radius 3 is 2.46 bits per heavy atom. The molecule has 0 N–H and O–H groups in total. The van der Waals surface area contributed by atoms with Gasteiger partial charge in [0.25, 0.3) is 0 Å². The number of hydrogen-bond acceptors (Lipinski definition) is 2. The second-order valence-electron chi connectivity index (χ2n) is 4.26. The lowest BCUT2D eigenvalue weighted by molar-refractivity contribution is 0.203. The molecule has 1 heterocycles. The van der Waals surface area contributed by atoms with Gasteiger partial charge in [-0.2, -0.15) is 0 Å². The van der Waals surface area contributed by atoms with E-state index in [0.717, 1.165) is 13.0 Å². The molecule has 0 aliphatic carbocycles. The van der Waals surface area contributed by atoms with Gasteiger partial charge in [0, 0.05) is 23.3 Å². The van der Waals surface area contributed by atoms with Gasteiger partial charge in [-0.15, -0.1) is 11.3 Å². The first-order valence-electron chi connectivity index (χ1n) is 4.62. The first-order chi connectivity index (χ1) is 6.04. The summed E-state index contributed by atoms with van der Waals surface area (Å²) in [6.45, 7) is 7.57. The largest absolute Gasteiger partial charge is 0.384 e. The maximum Gasteiger partial charge on any atom is 0.0510 e. The van der Waals surface area contributed by atoms with Crippen molar-refractivity contribution in [3.05, 3.63) is 21.9 Å². The molecule has 0 fully saturated rings. The number of methoxy groups -OCH3 is 1. The van der Waals surface area contributed by atoms with Gasteiger partial charge in [-0.3, -0.25) is 0 Å². The second kappa shape index (κ2) is 4.25. The molecular weight excluding hydrogens is 180 g/mol. The number of ether oxygens (including phenoxy) is 1. The van der Waals surface area contributed by atoms with Gasteiger partial charge in [-0.25, -0.2) is 0 Å². The van der Waals surface area contributed by atoms with E-state index in [1.807, 2.05) is 11.3 Å². The molecule has 0 spiro atoms. The highest BCUT2D eigenvalue weighted by atomic mass is 32.1. The average Bonchev–Trinajstić information content (AvgIpc) is 2.47. The molecule has 1 nitrogen and oxygen atoms in total. The van der Waals surface area contributed by atoms with E-state index in [4.69, 9.17) is 4.74 Å². The fraction of sp³-hybridized carbons (Fsp3) is 0.636. The summed E-state index contributed by atoms with van der Waals surface area (Å²) in [6.07, 6.45) is 1.04. The minimum atomic E-state index is 0.288. The third-order valence-electron chi connectivity index (χ3n) is 1.95. The lowest BCUT2D eigenvalue weighted by atomic mass is 9.95. The molecule has 0 aliphatic rings. The molecule has 0 saturated carbocycles. The predicted octanol–water partition coefficient (Wildman–Crippen LogP) is 3.23. The van der Waals surface area contributed by atoms with Crippen molar-refractivity contribution in [3.63, 3.8) is 0 Å². The van der Waals surface area contributed by atoms with Crippen LogP contribution in [0.4, 0.5) is 0 Å². The molecule has 0 saturated heterocycles. The first-order valence-corrected chi connectivity index (χ1v) is 5.44. The topological polar surface area (TPSA) is 9.23 Å². The fourth-order valence-corrected chi connectivity index (χ4v) is 2.16. The van der Waals surface area contributed by atoms with Gasteiger partial charge in [-0.1, -0.05) is 20.8 Å². The molecule has 0 atom stereocenters. The Balaban J connectivity index is 2.64. The zero-order chi connectivity index (χ0) is 9.90. The molecule has 1 aromatic rings. The normalized spacial score (nSPS) is 12.0. The van der Waals surface area contributed by atoms with E-state index in [-0.39, 0.29) is 5.41 Å². The maximum absolute atomic E-state index is 5.05. The molecule has 2 heteroatoms. The van der Waals surface area contributed by atoms with Crippen molar-refractivity contribution in [2.45, 2.75) is 32.6 Å². The van der Waals surface area contributed by atoms with E-state index in [2.05, 4.69) is 32.9 Å². The van der Waals surface area contributed by atoms with E-state index >= 15 is 0 Å². The van der Waals surface area contributed by atoms with Gasteiger partial charge in [-0.05, 0) is 17.5 Å². The van der Waals surface area contributed by atoms with Crippen LogP contribution < -0.4 is 0 Å². The highest BCUT2D eigenvalue weighted by molar-refractivity contribution is 7.12. The van der Waals surface area contributed by atoms with Crippen LogP contribution in [0.2, 0.25) is 0 Å². The zero-order valence-electron chi connectivity index (χ0n) is 8.89. The summed E-state index contributed by atoms with van der Waals surface area (Å²) in [4.78, 5) is 2.88. The Morgan fingerprint density at radius 2 is 2.00 bits per heavy atom. The number of thiophene rings is 1.